The van der Waals surface area contributed by atoms with Crippen LogP contribution in [-0.2, 0) is 4.74 Å². The fraction of sp³-hybridized carbons (Fsp3) is 0.417. The summed E-state index contributed by atoms with van der Waals surface area (Å²) in [6.07, 6.45) is 2.50. The molecule has 1 heterocycles. The van der Waals surface area contributed by atoms with E-state index in [1.54, 1.807) is 18.2 Å². The zero-order chi connectivity index (χ0) is 11.1. The molecule has 1 aliphatic carbocycles. The Balaban J connectivity index is 1.86. The lowest BCUT2D eigenvalue weighted by Gasteiger charge is -2.26. The van der Waals surface area contributed by atoms with Crippen molar-refractivity contribution in [1.82, 2.24) is 0 Å². The molecule has 0 spiro atoms. The molecule has 1 unspecified atom stereocenters. The molecule has 4 nitrogen and oxygen atoms in total. The minimum Gasteiger partial charge on any atom is -0.490 e. The number of hydrogen-bond donors (Lipinski definition) is 1. The predicted octanol–water partition coefficient (Wildman–Crippen LogP) is 1.78. The Labute approximate surface area is 92.8 Å². The molecule has 1 atom stereocenters. The third-order valence-corrected chi connectivity index (χ3v) is 3.08. The van der Waals surface area contributed by atoms with E-state index in [9.17, 15) is 9.90 Å². The molecule has 0 radical (unpaired) electrons. The van der Waals surface area contributed by atoms with Crippen molar-refractivity contribution in [2.24, 2.45) is 0 Å². The van der Waals surface area contributed by atoms with Gasteiger partial charge in [-0.1, -0.05) is 0 Å². The number of esters is 1. The van der Waals surface area contributed by atoms with Gasteiger partial charge in [-0.2, -0.15) is 0 Å². The van der Waals surface area contributed by atoms with Crippen LogP contribution in [0.4, 0.5) is 0 Å². The van der Waals surface area contributed by atoms with Crippen molar-refractivity contribution < 1.29 is 19.4 Å². The summed E-state index contributed by atoms with van der Waals surface area (Å²) in [6, 6.07) is 5.07. The minimum absolute atomic E-state index is 0.285. The fourth-order valence-corrected chi connectivity index (χ4v) is 1.91. The lowest BCUT2D eigenvalue weighted by atomic mass is 9.96. The van der Waals surface area contributed by atoms with E-state index in [2.05, 4.69) is 0 Å². The van der Waals surface area contributed by atoms with Crippen LogP contribution in [0.1, 0.15) is 41.5 Å². The van der Waals surface area contributed by atoms with E-state index in [-0.39, 0.29) is 6.10 Å². The first-order valence-electron chi connectivity index (χ1n) is 5.44. The van der Waals surface area contributed by atoms with Crippen molar-refractivity contribution >= 4 is 5.97 Å². The number of aliphatic hydroxyl groups excluding tert-OH is 1. The summed E-state index contributed by atoms with van der Waals surface area (Å²) in [7, 11) is 0. The number of cyclic esters (lactones) is 1. The normalized spacial score (nSPS) is 23.6. The Morgan fingerprint density at radius 3 is 2.88 bits per heavy atom. The van der Waals surface area contributed by atoms with Gasteiger partial charge in [-0.05, 0) is 37.5 Å². The summed E-state index contributed by atoms with van der Waals surface area (Å²) in [5.74, 6) is 0.221. The van der Waals surface area contributed by atoms with Crippen LogP contribution in [0.5, 0.6) is 5.75 Å². The van der Waals surface area contributed by atoms with Gasteiger partial charge in [-0.3, -0.25) is 0 Å². The highest BCUT2D eigenvalue weighted by molar-refractivity contribution is 5.94. The molecule has 2 aliphatic rings. The molecule has 1 N–H and O–H groups in total. The number of carbonyl (C=O) groups excluding carboxylic acids is 1. The number of fused-ring (bicyclic) bond motifs is 1. The van der Waals surface area contributed by atoms with Gasteiger partial charge in [0.25, 0.3) is 0 Å². The van der Waals surface area contributed by atoms with Crippen molar-refractivity contribution in [3.8, 4) is 5.75 Å². The van der Waals surface area contributed by atoms with Crippen LogP contribution in [0.25, 0.3) is 0 Å². The summed E-state index contributed by atoms with van der Waals surface area (Å²) in [4.78, 5) is 11.3. The van der Waals surface area contributed by atoms with Gasteiger partial charge in [-0.25, -0.2) is 4.79 Å². The minimum atomic E-state index is -1.15. The maximum Gasteiger partial charge on any atom is 0.341 e. The van der Waals surface area contributed by atoms with E-state index >= 15 is 0 Å². The second-order valence-electron chi connectivity index (χ2n) is 4.18. The van der Waals surface area contributed by atoms with Gasteiger partial charge in [-0.15, -0.1) is 0 Å². The molecular formula is C12H12O4. The third kappa shape index (κ3) is 1.46. The van der Waals surface area contributed by atoms with E-state index in [0.29, 0.717) is 16.9 Å². The van der Waals surface area contributed by atoms with E-state index in [1.807, 2.05) is 0 Å². The zero-order valence-electron chi connectivity index (χ0n) is 8.68. The zero-order valence-corrected chi connectivity index (χ0v) is 8.68. The Morgan fingerprint density at radius 1 is 1.38 bits per heavy atom. The summed E-state index contributed by atoms with van der Waals surface area (Å²) in [6.45, 7) is 0. The van der Waals surface area contributed by atoms with E-state index in [1.165, 1.54) is 6.42 Å². The molecule has 0 aromatic heterocycles. The molecule has 1 fully saturated rings. The SMILES string of the molecule is O=C1OC(O)c2cc(OC3CCC3)ccc21. The molecule has 16 heavy (non-hydrogen) atoms. The van der Waals surface area contributed by atoms with Crippen molar-refractivity contribution in [2.75, 3.05) is 0 Å². The quantitative estimate of drug-likeness (QED) is 0.772. The highest BCUT2D eigenvalue weighted by atomic mass is 16.6. The monoisotopic (exact) mass is 220 g/mol. The smallest absolute Gasteiger partial charge is 0.341 e. The summed E-state index contributed by atoms with van der Waals surface area (Å²) in [5.41, 5.74) is 0.926. The first-order valence-corrected chi connectivity index (χ1v) is 5.44. The second-order valence-corrected chi connectivity index (χ2v) is 4.18. The topological polar surface area (TPSA) is 55.8 Å². The van der Waals surface area contributed by atoms with Gasteiger partial charge < -0.3 is 14.6 Å². The van der Waals surface area contributed by atoms with Crippen molar-refractivity contribution in [3.05, 3.63) is 29.3 Å². The number of hydrogen-bond acceptors (Lipinski definition) is 4. The molecule has 1 aromatic rings. The van der Waals surface area contributed by atoms with E-state index < -0.39 is 12.3 Å². The summed E-state index contributed by atoms with van der Waals surface area (Å²) < 4.78 is 10.4. The average Bonchev–Trinajstić information content (AvgIpc) is 2.49. The number of ether oxygens (including phenoxy) is 2. The lowest BCUT2D eigenvalue weighted by molar-refractivity contribution is -0.0549. The Kier molecular flexibility index (Phi) is 2.11. The summed E-state index contributed by atoms with van der Waals surface area (Å²) >= 11 is 0. The molecule has 84 valence electrons. The van der Waals surface area contributed by atoms with Gasteiger partial charge >= 0.3 is 5.97 Å². The standard InChI is InChI=1S/C12H12O4/c13-11-9-5-4-8(15-7-2-1-3-7)6-10(9)12(14)16-11/h4-7,12,14H,1-3H2. The molecule has 0 saturated heterocycles. The van der Waals surface area contributed by atoms with Gasteiger partial charge in [0, 0.05) is 5.56 Å². The molecule has 0 amide bonds. The number of aliphatic hydroxyl groups is 1. The van der Waals surface area contributed by atoms with Crippen LogP contribution in [0.15, 0.2) is 18.2 Å². The van der Waals surface area contributed by atoms with Crippen LogP contribution < -0.4 is 4.74 Å². The van der Waals surface area contributed by atoms with Gasteiger partial charge in [0.05, 0.1) is 11.7 Å². The highest BCUT2D eigenvalue weighted by Crippen LogP contribution is 2.33. The molecule has 1 aliphatic heterocycles. The van der Waals surface area contributed by atoms with Gasteiger partial charge in [0.2, 0.25) is 6.29 Å². The molecule has 0 bridgehead atoms. The van der Waals surface area contributed by atoms with Crippen LogP contribution in [0, 0.1) is 0 Å². The Morgan fingerprint density at radius 2 is 2.19 bits per heavy atom. The molecule has 1 saturated carbocycles. The van der Waals surface area contributed by atoms with Crippen molar-refractivity contribution in [3.63, 3.8) is 0 Å². The molecular weight excluding hydrogens is 208 g/mol. The maximum atomic E-state index is 11.3. The lowest BCUT2D eigenvalue weighted by Crippen LogP contribution is -2.24. The van der Waals surface area contributed by atoms with Crippen LogP contribution in [-0.4, -0.2) is 17.2 Å². The Hall–Kier alpha value is -1.55. The number of rotatable bonds is 2. The predicted molar refractivity (Wildman–Crippen MR) is 55.1 cm³/mol. The number of benzene rings is 1. The average molecular weight is 220 g/mol. The van der Waals surface area contributed by atoms with Crippen molar-refractivity contribution in [1.29, 1.82) is 0 Å². The third-order valence-electron chi connectivity index (χ3n) is 3.08. The van der Waals surface area contributed by atoms with E-state index in [0.717, 1.165) is 12.8 Å². The maximum absolute atomic E-state index is 11.3. The van der Waals surface area contributed by atoms with Crippen LogP contribution >= 0.6 is 0 Å². The van der Waals surface area contributed by atoms with Gasteiger partial charge in [0.15, 0.2) is 0 Å². The highest BCUT2D eigenvalue weighted by Gasteiger charge is 2.30. The fourth-order valence-electron chi connectivity index (χ4n) is 1.91. The van der Waals surface area contributed by atoms with Gasteiger partial charge in [0.1, 0.15) is 5.75 Å². The van der Waals surface area contributed by atoms with Crippen molar-refractivity contribution in [2.45, 2.75) is 31.7 Å². The molecule has 1 aromatic carbocycles. The van der Waals surface area contributed by atoms with E-state index in [4.69, 9.17) is 9.47 Å². The van der Waals surface area contributed by atoms with Crippen LogP contribution in [0.3, 0.4) is 0 Å². The molecule has 3 rings (SSSR count). The second kappa shape index (κ2) is 3.49. The molecule has 4 heteroatoms. The first-order chi connectivity index (χ1) is 7.74. The first kappa shape index (κ1) is 9.66. The Bertz CT molecular complexity index is 437. The summed E-state index contributed by atoms with van der Waals surface area (Å²) in [5, 5.41) is 9.48. The number of carbonyl (C=O) groups is 1. The largest absolute Gasteiger partial charge is 0.490 e. The van der Waals surface area contributed by atoms with Crippen LogP contribution in [0.2, 0.25) is 0 Å².